The highest BCUT2D eigenvalue weighted by molar-refractivity contribution is 8.07. The second kappa shape index (κ2) is 7.65. The Labute approximate surface area is 142 Å². The second-order valence-electron chi connectivity index (χ2n) is 4.49. The molecule has 0 amide bonds. The molecule has 0 radical (unpaired) electrons. The molecule has 10 heteroatoms. The fourth-order valence-electron chi connectivity index (χ4n) is 1.86. The van der Waals surface area contributed by atoms with Crippen molar-refractivity contribution >= 4 is 18.5 Å². The summed E-state index contributed by atoms with van der Waals surface area (Å²) in [6, 6.07) is 8.38. The summed E-state index contributed by atoms with van der Waals surface area (Å²) in [6.45, 7) is 0.289. The minimum atomic E-state index is -4.70. The molecule has 2 aromatic rings. The largest absolute Gasteiger partial charge is 0.438 e. The lowest BCUT2D eigenvalue weighted by molar-refractivity contribution is -0.142. The molecule has 0 spiro atoms. The Morgan fingerprint density at radius 2 is 1.71 bits per heavy atom. The third-order valence-corrected chi connectivity index (χ3v) is 5.18. The number of hydrogen-bond donors (Lipinski definition) is 0. The molecular formula is C14H16F3N2O3PS. The Bertz CT molecular complexity index is 712. The molecule has 2 rings (SSSR count). The number of nitrogens with zero attached hydrogens (tertiary/aromatic N) is 2. The quantitative estimate of drug-likeness (QED) is 0.659. The van der Waals surface area contributed by atoms with Crippen molar-refractivity contribution < 1.29 is 26.7 Å². The number of rotatable bonds is 7. The molecule has 1 aromatic carbocycles. The number of para-hydroxylation sites is 1. The van der Waals surface area contributed by atoms with E-state index < -0.39 is 24.3 Å². The van der Waals surface area contributed by atoms with Crippen molar-refractivity contribution in [2.75, 3.05) is 13.2 Å². The summed E-state index contributed by atoms with van der Waals surface area (Å²) in [7, 11) is 0. The Hall–Kier alpha value is -1.41. The maximum atomic E-state index is 13.3. The van der Waals surface area contributed by atoms with Crippen molar-refractivity contribution in [2.24, 2.45) is 0 Å². The third-order valence-electron chi connectivity index (χ3n) is 2.75. The van der Waals surface area contributed by atoms with Crippen LogP contribution in [0.4, 0.5) is 13.2 Å². The average molecular weight is 380 g/mol. The molecule has 24 heavy (non-hydrogen) atoms. The Kier molecular flexibility index (Phi) is 6.03. The molecule has 0 saturated carbocycles. The molecule has 0 atom stereocenters. The molecule has 1 heterocycles. The monoisotopic (exact) mass is 380 g/mol. The lowest BCUT2D eigenvalue weighted by Crippen LogP contribution is -2.10. The van der Waals surface area contributed by atoms with Gasteiger partial charge in [0.25, 0.3) is 0 Å². The Balaban J connectivity index is 2.44. The van der Waals surface area contributed by atoms with Gasteiger partial charge in [0.1, 0.15) is 0 Å². The van der Waals surface area contributed by atoms with Crippen LogP contribution in [0.1, 0.15) is 19.5 Å². The minimum Gasteiger partial charge on any atom is -0.420 e. The van der Waals surface area contributed by atoms with Gasteiger partial charge in [-0.3, -0.25) is 9.05 Å². The van der Waals surface area contributed by atoms with Crippen LogP contribution in [0, 0.1) is 0 Å². The molecule has 132 valence electrons. The molecule has 0 aliphatic rings. The van der Waals surface area contributed by atoms with Crippen molar-refractivity contribution in [3.05, 3.63) is 42.2 Å². The zero-order valence-electron chi connectivity index (χ0n) is 13.0. The summed E-state index contributed by atoms with van der Waals surface area (Å²) in [5, 5.41) is 3.58. The molecule has 0 unspecified atom stereocenters. The van der Waals surface area contributed by atoms with Crippen LogP contribution in [0.25, 0.3) is 5.69 Å². The highest BCUT2D eigenvalue weighted by Crippen LogP contribution is 2.52. The van der Waals surface area contributed by atoms with Crippen LogP contribution in [0.15, 0.2) is 36.5 Å². The van der Waals surface area contributed by atoms with E-state index in [-0.39, 0.29) is 13.2 Å². The lowest BCUT2D eigenvalue weighted by Gasteiger charge is -2.20. The van der Waals surface area contributed by atoms with Crippen molar-refractivity contribution in [1.82, 2.24) is 9.78 Å². The van der Waals surface area contributed by atoms with Crippen LogP contribution in [0.2, 0.25) is 0 Å². The number of aromatic nitrogens is 2. The number of halogens is 3. The Morgan fingerprint density at radius 1 is 1.12 bits per heavy atom. The minimum absolute atomic E-state index is 0.158. The maximum Gasteiger partial charge on any atom is 0.438 e. The van der Waals surface area contributed by atoms with E-state index in [1.807, 2.05) is 0 Å². The Morgan fingerprint density at radius 3 is 2.21 bits per heavy atom. The van der Waals surface area contributed by atoms with Gasteiger partial charge in [0, 0.05) is 11.8 Å². The molecule has 0 saturated heterocycles. The van der Waals surface area contributed by atoms with Crippen LogP contribution < -0.4 is 4.52 Å². The van der Waals surface area contributed by atoms with Crippen molar-refractivity contribution in [2.45, 2.75) is 20.0 Å². The predicted molar refractivity (Wildman–Crippen MR) is 86.7 cm³/mol. The summed E-state index contributed by atoms with van der Waals surface area (Å²) >= 11 is 5.13. The van der Waals surface area contributed by atoms with Crippen LogP contribution in [0.5, 0.6) is 5.75 Å². The van der Waals surface area contributed by atoms with E-state index in [0.717, 1.165) is 10.9 Å². The van der Waals surface area contributed by atoms with E-state index in [2.05, 4.69) is 5.10 Å². The normalized spacial score (nSPS) is 12.4. The zero-order chi connectivity index (χ0) is 17.8. The first-order valence-electron chi connectivity index (χ1n) is 7.10. The molecular weight excluding hydrogens is 364 g/mol. The van der Waals surface area contributed by atoms with Gasteiger partial charge in [0.15, 0.2) is 5.75 Å². The van der Waals surface area contributed by atoms with Gasteiger partial charge in [-0.25, -0.2) is 4.68 Å². The first kappa shape index (κ1) is 18.9. The number of hydrogen-bond acceptors (Lipinski definition) is 5. The summed E-state index contributed by atoms with van der Waals surface area (Å²) in [6.07, 6.45) is -3.58. The number of alkyl halides is 3. The van der Waals surface area contributed by atoms with Crippen LogP contribution >= 0.6 is 6.72 Å². The van der Waals surface area contributed by atoms with Crippen LogP contribution in [-0.2, 0) is 27.0 Å². The van der Waals surface area contributed by atoms with Crippen molar-refractivity contribution in [3.8, 4) is 11.4 Å². The van der Waals surface area contributed by atoms with Gasteiger partial charge in [-0.05, 0) is 26.0 Å². The molecule has 0 bridgehead atoms. The third kappa shape index (κ3) is 4.57. The summed E-state index contributed by atoms with van der Waals surface area (Å²) in [4.78, 5) is 0. The molecule has 0 aliphatic heterocycles. The van der Waals surface area contributed by atoms with E-state index in [1.165, 1.54) is 0 Å². The molecule has 0 fully saturated rings. The smallest absolute Gasteiger partial charge is 0.420 e. The highest BCUT2D eigenvalue weighted by atomic mass is 32.5. The van der Waals surface area contributed by atoms with E-state index in [4.69, 9.17) is 25.4 Å². The van der Waals surface area contributed by atoms with Gasteiger partial charge in [-0.1, -0.05) is 18.2 Å². The maximum absolute atomic E-state index is 13.3. The molecule has 1 aromatic heterocycles. The van der Waals surface area contributed by atoms with Gasteiger partial charge in [0.05, 0.1) is 25.1 Å². The second-order valence-corrected chi connectivity index (χ2v) is 7.43. The molecule has 0 aliphatic carbocycles. The number of benzene rings is 1. The lowest BCUT2D eigenvalue weighted by atomic mass is 10.3. The SMILES string of the molecule is CCOP(=S)(OCC)Oc1cn(-c2ccccc2)nc1C(F)(F)F. The van der Waals surface area contributed by atoms with E-state index in [1.54, 1.807) is 44.2 Å². The topological polar surface area (TPSA) is 45.5 Å². The van der Waals surface area contributed by atoms with Crippen LogP contribution in [-0.4, -0.2) is 23.0 Å². The van der Waals surface area contributed by atoms with E-state index in [0.29, 0.717) is 5.69 Å². The van der Waals surface area contributed by atoms with Gasteiger partial charge < -0.3 is 4.52 Å². The summed E-state index contributed by atoms with van der Waals surface area (Å²) < 4.78 is 56.7. The summed E-state index contributed by atoms with van der Waals surface area (Å²) in [5.41, 5.74) is -0.723. The molecule has 0 N–H and O–H groups in total. The van der Waals surface area contributed by atoms with Gasteiger partial charge in [-0.15, -0.1) is 0 Å². The average Bonchev–Trinajstić information content (AvgIpc) is 2.92. The molecule has 5 nitrogen and oxygen atoms in total. The summed E-state index contributed by atoms with van der Waals surface area (Å²) in [5.74, 6) is -0.517. The van der Waals surface area contributed by atoms with Gasteiger partial charge >= 0.3 is 12.9 Å². The first-order valence-corrected chi connectivity index (χ1v) is 9.65. The zero-order valence-corrected chi connectivity index (χ0v) is 14.7. The fourth-order valence-corrected chi connectivity index (χ4v) is 3.92. The van der Waals surface area contributed by atoms with E-state index >= 15 is 0 Å². The standard InChI is InChI=1S/C14H16F3N2O3PS/c1-3-20-23(24,21-4-2)22-12-10-19(11-8-6-5-7-9-11)18-13(12)14(15,16)17/h5-10H,3-4H2,1-2H3. The van der Waals surface area contributed by atoms with Crippen molar-refractivity contribution in [3.63, 3.8) is 0 Å². The van der Waals surface area contributed by atoms with Gasteiger partial charge in [-0.2, -0.15) is 18.3 Å². The van der Waals surface area contributed by atoms with E-state index in [9.17, 15) is 13.2 Å². The first-order chi connectivity index (χ1) is 11.3. The fraction of sp³-hybridized carbons (Fsp3) is 0.357. The van der Waals surface area contributed by atoms with Gasteiger partial charge in [0.2, 0.25) is 5.69 Å². The predicted octanol–water partition coefficient (Wildman–Crippen LogP) is 4.57. The highest BCUT2D eigenvalue weighted by Gasteiger charge is 2.40. The van der Waals surface area contributed by atoms with Crippen molar-refractivity contribution in [1.29, 1.82) is 0 Å². The van der Waals surface area contributed by atoms with Crippen LogP contribution in [0.3, 0.4) is 0 Å².